The van der Waals surface area contributed by atoms with E-state index in [0.29, 0.717) is 5.95 Å². The van der Waals surface area contributed by atoms with Crippen LogP contribution < -0.4 is 5.73 Å². The maximum absolute atomic E-state index is 5.46. The summed E-state index contributed by atoms with van der Waals surface area (Å²) >= 11 is 0. The Morgan fingerprint density at radius 3 is 2.25 bits per heavy atom. The number of nitrogen functional groups attached to an aromatic ring is 1. The van der Waals surface area contributed by atoms with Crippen LogP contribution in [0.1, 0.15) is 39.4 Å². The average molecular weight is 168 g/mol. The predicted octanol–water partition coefficient (Wildman–Crippen LogP) is 1.46. The van der Waals surface area contributed by atoms with Crippen molar-refractivity contribution in [1.82, 2.24) is 15.2 Å². The molecular formula is C8H16N4. The van der Waals surface area contributed by atoms with E-state index in [1.165, 1.54) is 0 Å². The van der Waals surface area contributed by atoms with Gasteiger partial charge in [0.2, 0.25) is 5.95 Å². The number of rotatable bonds is 3. The highest BCUT2D eigenvalue weighted by Gasteiger charge is 2.25. The van der Waals surface area contributed by atoms with Gasteiger partial charge in [-0.2, -0.15) is 0 Å². The van der Waals surface area contributed by atoms with Crippen LogP contribution in [0, 0.1) is 0 Å². The van der Waals surface area contributed by atoms with Crippen LogP contribution in [-0.4, -0.2) is 15.2 Å². The predicted molar refractivity (Wildman–Crippen MR) is 48.7 cm³/mol. The molecule has 3 N–H and O–H groups in total. The van der Waals surface area contributed by atoms with Gasteiger partial charge < -0.3 is 10.7 Å². The summed E-state index contributed by atoms with van der Waals surface area (Å²) in [5.74, 6) is 1.29. The van der Waals surface area contributed by atoms with Crippen LogP contribution in [0.15, 0.2) is 0 Å². The molecule has 0 atom stereocenters. The molecule has 0 saturated carbocycles. The Balaban J connectivity index is 2.94. The average Bonchev–Trinajstić information content (AvgIpc) is 2.51. The van der Waals surface area contributed by atoms with Crippen LogP contribution >= 0.6 is 0 Å². The molecule has 4 heteroatoms. The molecule has 1 aromatic heterocycles. The minimum atomic E-state index is 0.0879. The van der Waals surface area contributed by atoms with E-state index in [9.17, 15) is 0 Å². The van der Waals surface area contributed by atoms with Crippen molar-refractivity contribution in [1.29, 1.82) is 0 Å². The molecule has 1 rings (SSSR count). The quantitative estimate of drug-likeness (QED) is 0.718. The fourth-order valence-corrected chi connectivity index (χ4v) is 1.13. The van der Waals surface area contributed by atoms with Crippen LogP contribution in [-0.2, 0) is 5.41 Å². The fourth-order valence-electron chi connectivity index (χ4n) is 1.13. The Kier molecular flexibility index (Phi) is 2.35. The number of nitrogens with two attached hydrogens (primary N) is 1. The van der Waals surface area contributed by atoms with E-state index in [-0.39, 0.29) is 5.41 Å². The summed E-state index contributed by atoms with van der Waals surface area (Å²) in [6.45, 7) is 6.44. The molecule has 1 heterocycles. The van der Waals surface area contributed by atoms with Crippen molar-refractivity contribution in [2.45, 2.75) is 39.0 Å². The summed E-state index contributed by atoms with van der Waals surface area (Å²) in [6.07, 6.45) is 2.08. The van der Waals surface area contributed by atoms with E-state index in [1.54, 1.807) is 0 Å². The lowest BCUT2D eigenvalue weighted by Crippen LogP contribution is -2.21. The topological polar surface area (TPSA) is 67.6 Å². The maximum atomic E-state index is 5.46. The third-order valence-electron chi connectivity index (χ3n) is 2.64. The second-order valence-corrected chi connectivity index (χ2v) is 3.33. The maximum Gasteiger partial charge on any atom is 0.219 e. The highest BCUT2D eigenvalue weighted by atomic mass is 15.3. The normalized spacial score (nSPS) is 11.9. The zero-order valence-corrected chi connectivity index (χ0v) is 7.89. The Morgan fingerprint density at radius 2 is 1.92 bits per heavy atom. The minimum absolute atomic E-state index is 0.0879. The number of hydrogen-bond acceptors (Lipinski definition) is 3. The van der Waals surface area contributed by atoms with Gasteiger partial charge in [-0.1, -0.05) is 20.8 Å². The van der Waals surface area contributed by atoms with E-state index in [0.717, 1.165) is 18.7 Å². The molecule has 0 radical (unpaired) electrons. The van der Waals surface area contributed by atoms with Crippen molar-refractivity contribution < 1.29 is 0 Å². The van der Waals surface area contributed by atoms with Gasteiger partial charge in [0, 0.05) is 5.41 Å². The third kappa shape index (κ3) is 1.42. The first-order chi connectivity index (χ1) is 5.62. The van der Waals surface area contributed by atoms with Gasteiger partial charge in [-0.15, -0.1) is 10.2 Å². The molecule has 0 fully saturated rings. The van der Waals surface area contributed by atoms with Crippen LogP contribution in [0.2, 0.25) is 0 Å². The van der Waals surface area contributed by atoms with Gasteiger partial charge in [0.1, 0.15) is 5.82 Å². The van der Waals surface area contributed by atoms with Gasteiger partial charge in [0.05, 0.1) is 0 Å². The third-order valence-corrected chi connectivity index (χ3v) is 2.64. The van der Waals surface area contributed by atoms with E-state index in [1.807, 2.05) is 0 Å². The number of nitrogens with one attached hydrogen (secondary N) is 1. The zero-order valence-electron chi connectivity index (χ0n) is 7.89. The van der Waals surface area contributed by atoms with Gasteiger partial charge in [0.25, 0.3) is 0 Å². The van der Waals surface area contributed by atoms with Crippen LogP contribution in [0.4, 0.5) is 5.95 Å². The van der Waals surface area contributed by atoms with E-state index >= 15 is 0 Å². The van der Waals surface area contributed by atoms with Crippen molar-refractivity contribution in [3.63, 3.8) is 0 Å². The number of nitrogens with zero attached hydrogens (tertiary/aromatic N) is 2. The molecule has 0 amide bonds. The first kappa shape index (κ1) is 9.03. The molecule has 1 aromatic rings. The molecule has 0 aromatic carbocycles. The number of aromatic nitrogens is 3. The molecular weight excluding hydrogens is 152 g/mol. The summed E-state index contributed by atoms with van der Waals surface area (Å²) in [7, 11) is 0. The zero-order chi connectivity index (χ0) is 9.19. The number of aromatic amines is 1. The second-order valence-electron chi connectivity index (χ2n) is 3.33. The molecule has 0 saturated heterocycles. The first-order valence-corrected chi connectivity index (χ1v) is 4.31. The van der Waals surface area contributed by atoms with Crippen molar-refractivity contribution in [3.05, 3.63) is 5.82 Å². The van der Waals surface area contributed by atoms with Gasteiger partial charge in [-0.05, 0) is 12.8 Å². The van der Waals surface area contributed by atoms with E-state index in [4.69, 9.17) is 5.73 Å². The Morgan fingerprint density at radius 1 is 1.33 bits per heavy atom. The first-order valence-electron chi connectivity index (χ1n) is 4.31. The monoisotopic (exact) mass is 168 g/mol. The summed E-state index contributed by atoms with van der Waals surface area (Å²) in [6, 6.07) is 0. The summed E-state index contributed by atoms with van der Waals surface area (Å²) in [4.78, 5) is 2.97. The van der Waals surface area contributed by atoms with Gasteiger partial charge in [-0.3, -0.25) is 0 Å². The van der Waals surface area contributed by atoms with Crippen molar-refractivity contribution in [3.8, 4) is 0 Å². The largest absolute Gasteiger partial charge is 0.368 e. The van der Waals surface area contributed by atoms with Crippen LogP contribution in [0.25, 0.3) is 0 Å². The molecule has 0 spiro atoms. The molecule has 0 aliphatic carbocycles. The van der Waals surface area contributed by atoms with Gasteiger partial charge >= 0.3 is 0 Å². The number of hydrogen-bond donors (Lipinski definition) is 2. The lowest BCUT2D eigenvalue weighted by molar-refractivity contribution is 0.413. The molecule has 0 aliphatic heterocycles. The van der Waals surface area contributed by atoms with Crippen LogP contribution in [0.3, 0.4) is 0 Å². The highest BCUT2D eigenvalue weighted by molar-refractivity contribution is 5.17. The molecule has 12 heavy (non-hydrogen) atoms. The molecule has 68 valence electrons. The Bertz CT molecular complexity index is 249. The lowest BCUT2D eigenvalue weighted by Gasteiger charge is -2.22. The van der Waals surface area contributed by atoms with Crippen LogP contribution in [0.5, 0.6) is 0 Å². The number of anilines is 1. The standard InChI is InChI=1S/C8H16N4/c1-4-8(3,5-2)6-10-7(9)12-11-6/h4-5H2,1-3H3,(H3,9,10,11,12). The minimum Gasteiger partial charge on any atom is -0.368 e. The molecule has 0 aliphatic rings. The highest BCUT2D eigenvalue weighted by Crippen LogP contribution is 2.27. The molecule has 0 unspecified atom stereocenters. The lowest BCUT2D eigenvalue weighted by atomic mass is 9.84. The van der Waals surface area contributed by atoms with Gasteiger partial charge in [-0.25, -0.2) is 0 Å². The van der Waals surface area contributed by atoms with E-state index in [2.05, 4.69) is 36.0 Å². The SMILES string of the molecule is CCC(C)(CC)c1nnc(N)[nH]1. The number of H-pyrrole nitrogens is 1. The molecule has 0 bridgehead atoms. The summed E-state index contributed by atoms with van der Waals surface area (Å²) in [5, 5.41) is 7.75. The molecule has 4 nitrogen and oxygen atoms in total. The van der Waals surface area contributed by atoms with Crippen molar-refractivity contribution >= 4 is 5.95 Å². The van der Waals surface area contributed by atoms with Crippen molar-refractivity contribution in [2.24, 2.45) is 0 Å². The van der Waals surface area contributed by atoms with Gasteiger partial charge in [0.15, 0.2) is 0 Å². The van der Waals surface area contributed by atoms with E-state index < -0.39 is 0 Å². The van der Waals surface area contributed by atoms with Crippen molar-refractivity contribution in [2.75, 3.05) is 5.73 Å². The Hall–Kier alpha value is -1.06. The smallest absolute Gasteiger partial charge is 0.219 e. The summed E-state index contributed by atoms with van der Waals surface area (Å²) < 4.78 is 0. The summed E-state index contributed by atoms with van der Waals surface area (Å²) in [5.41, 5.74) is 5.54. The Labute approximate surface area is 72.6 Å². The second kappa shape index (κ2) is 3.13. The fraction of sp³-hybridized carbons (Fsp3) is 0.750.